The molecule has 0 atom stereocenters. The fourth-order valence-electron chi connectivity index (χ4n) is 4.17. The van der Waals surface area contributed by atoms with Crippen molar-refractivity contribution in [3.63, 3.8) is 0 Å². The molecule has 1 spiro atoms. The number of aromatic nitrogens is 3. The van der Waals surface area contributed by atoms with Crippen molar-refractivity contribution in [1.29, 1.82) is 0 Å². The van der Waals surface area contributed by atoms with Gasteiger partial charge in [-0.15, -0.1) is 0 Å². The van der Waals surface area contributed by atoms with E-state index in [1.165, 1.54) is 17.1 Å². The smallest absolute Gasteiger partial charge is 0.317 e. The Morgan fingerprint density at radius 3 is 2.52 bits per heavy atom. The van der Waals surface area contributed by atoms with E-state index in [4.69, 9.17) is 4.98 Å². The molecule has 2 aromatic heterocycles. The summed E-state index contributed by atoms with van der Waals surface area (Å²) in [4.78, 5) is 23.1. The lowest BCUT2D eigenvalue weighted by molar-refractivity contribution is 0.154. The van der Waals surface area contributed by atoms with Crippen molar-refractivity contribution in [3.8, 4) is 11.3 Å². The van der Waals surface area contributed by atoms with Gasteiger partial charge < -0.3 is 14.8 Å². The number of imidazole rings is 1. The number of amides is 2. The molecule has 6 nitrogen and oxygen atoms in total. The number of likely N-dealkylation sites (tertiary alicyclic amines) is 1. The van der Waals surface area contributed by atoms with Crippen molar-refractivity contribution < 1.29 is 4.79 Å². The van der Waals surface area contributed by atoms with Crippen LogP contribution in [0.3, 0.4) is 0 Å². The number of hydrogen-bond donors (Lipinski definition) is 1. The summed E-state index contributed by atoms with van der Waals surface area (Å²) in [6.07, 6.45) is 8.74. The molecule has 2 aromatic rings. The Kier molecular flexibility index (Phi) is 3.98. The zero-order valence-corrected chi connectivity index (χ0v) is 14.9. The molecule has 6 heteroatoms. The van der Waals surface area contributed by atoms with Crippen LogP contribution in [0.2, 0.25) is 0 Å². The van der Waals surface area contributed by atoms with Crippen LogP contribution in [0.15, 0.2) is 30.7 Å². The van der Waals surface area contributed by atoms with E-state index in [1.807, 2.05) is 49.5 Å². The SMILES string of the molecule is CC(C)NC(=O)N1CCC2(CC1)CCn1c(-c3ccncc3)cnc12. The second-order valence-electron chi connectivity index (χ2n) is 7.48. The van der Waals surface area contributed by atoms with Crippen molar-refractivity contribution in [2.75, 3.05) is 13.1 Å². The lowest BCUT2D eigenvalue weighted by atomic mass is 9.77. The summed E-state index contributed by atoms with van der Waals surface area (Å²) >= 11 is 0. The van der Waals surface area contributed by atoms with Crippen molar-refractivity contribution >= 4 is 6.03 Å². The molecule has 4 rings (SSSR count). The van der Waals surface area contributed by atoms with Crippen LogP contribution >= 0.6 is 0 Å². The number of rotatable bonds is 2. The van der Waals surface area contributed by atoms with Gasteiger partial charge >= 0.3 is 6.03 Å². The Balaban J connectivity index is 1.52. The highest BCUT2D eigenvalue weighted by molar-refractivity contribution is 5.74. The Hall–Kier alpha value is -2.37. The third-order valence-corrected chi connectivity index (χ3v) is 5.54. The minimum Gasteiger partial charge on any atom is -0.336 e. The van der Waals surface area contributed by atoms with Crippen LogP contribution in [-0.4, -0.2) is 44.6 Å². The van der Waals surface area contributed by atoms with Crippen molar-refractivity contribution in [1.82, 2.24) is 24.8 Å². The lowest BCUT2D eigenvalue weighted by Crippen LogP contribution is -2.49. The van der Waals surface area contributed by atoms with Gasteiger partial charge in [0.1, 0.15) is 5.82 Å². The van der Waals surface area contributed by atoms with E-state index in [0.29, 0.717) is 0 Å². The summed E-state index contributed by atoms with van der Waals surface area (Å²) in [6, 6.07) is 4.31. The van der Waals surface area contributed by atoms with E-state index < -0.39 is 0 Å². The summed E-state index contributed by atoms with van der Waals surface area (Å²) in [6.45, 7) is 6.60. The summed E-state index contributed by atoms with van der Waals surface area (Å²) < 4.78 is 2.36. The molecule has 0 radical (unpaired) electrons. The van der Waals surface area contributed by atoms with Gasteiger partial charge in [-0.1, -0.05) is 0 Å². The van der Waals surface area contributed by atoms with Crippen LogP contribution in [0.5, 0.6) is 0 Å². The topological polar surface area (TPSA) is 63.1 Å². The zero-order valence-electron chi connectivity index (χ0n) is 14.9. The van der Waals surface area contributed by atoms with E-state index in [2.05, 4.69) is 14.9 Å². The van der Waals surface area contributed by atoms with Crippen LogP contribution in [0.25, 0.3) is 11.3 Å². The Bertz CT molecular complexity index is 759. The summed E-state index contributed by atoms with van der Waals surface area (Å²) in [5.41, 5.74) is 2.47. The number of hydrogen-bond acceptors (Lipinski definition) is 3. The summed E-state index contributed by atoms with van der Waals surface area (Å²) in [5, 5.41) is 3.00. The number of nitrogens with zero attached hydrogens (tertiary/aromatic N) is 4. The third-order valence-electron chi connectivity index (χ3n) is 5.54. The summed E-state index contributed by atoms with van der Waals surface area (Å²) in [5.74, 6) is 1.20. The largest absolute Gasteiger partial charge is 0.336 e. The monoisotopic (exact) mass is 339 g/mol. The van der Waals surface area contributed by atoms with Gasteiger partial charge in [-0.3, -0.25) is 4.98 Å². The number of fused-ring (bicyclic) bond motifs is 2. The van der Waals surface area contributed by atoms with E-state index in [0.717, 1.165) is 38.9 Å². The van der Waals surface area contributed by atoms with E-state index >= 15 is 0 Å². The second kappa shape index (κ2) is 6.17. The predicted molar refractivity (Wildman–Crippen MR) is 96.2 cm³/mol. The van der Waals surface area contributed by atoms with Gasteiger partial charge in [-0.05, 0) is 45.2 Å². The molecule has 25 heavy (non-hydrogen) atoms. The van der Waals surface area contributed by atoms with Crippen LogP contribution in [0.1, 0.15) is 38.9 Å². The molecule has 0 aliphatic carbocycles. The third kappa shape index (κ3) is 2.79. The highest BCUT2D eigenvalue weighted by Gasteiger charge is 2.44. The average molecular weight is 339 g/mol. The number of pyridine rings is 1. The Morgan fingerprint density at radius 2 is 1.84 bits per heavy atom. The molecule has 0 unspecified atom stereocenters. The second-order valence-corrected chi connectivity index (χ2v) is 7.48. The molecule has 2 amide bonds. The quantitative estimate of drug-likeness (QED) is 0.915. The van der Waals surface area contributed by atoms with Gasteiger partial charge in [0.05, 0.1) is 11.9 Å². The molecule has 2 aliphatic heterocycles. The van der Waals surface area contributed by atoms with Gasteiger partial charge in [0.15, 0.2) is 0 Å². The van der Waals surface area contributed by atoms with Crippen molar-refractivity contribution in [2.24, 2.45) is 0 Å². The molecular formula is C19H25N5O. The average Bonchev–Trinajstić information content (AvgIpc) is 3.18. The standard InChI is InChI=1S/C19H25N5O/c1-14(2)22-18(25)23-10-5-19(6-11-23)7-12-24-16(13-21-17(19)24)15-3-8-20-9-4-15/h3-4,8-9,13-14H,5-7,10-12H2,1-2H3,(H,22,25). The highest BCUT2D eigenvalue weighted by atomic mass is 16.2. The normalized spacial score (nSPS) is 18.6. The van der Waals surface area contributed by atoms with Crippen LogP contribution in [0, 0.1) is 0 Å². The van der Waals surface area contributed by atoms with Gasteiger partial charge in [0.2, 0.25) is 0 Å². The maximum absolute atomic E-state index is 12.2. The number of urea groups is 1. The number of carbonyl (C=O) groups excluding carboxylic acids is 1. The Labute approximate surface area is 148 Å². The molecule has 0 saturated carbocycles. The van der Waals surface area contributed by atoms with Crippen LogP contribution in [0.4, 0.5) is 4.79 Å². The van der Waals surface area contributed by atoms with Crippen LogP contribution < -0.4 is 5.32 Å². The van der Waals surface area contributed by atoms with Gasteiger partial charge in [0, 0.05) is 49.0 Å². The first-order chi connectivity index (χ1) is 12.1. The maximum Gasteiger partial charge on any atom is 0.317 e. The molecule has 132 valence electrons. The van der Waals surface area contributed by atoms with Crippen molar-refractivity contribution in [3.05, 3.63) is 36.5 Å². The Morgan fingerprint density at radius 1 is 1.16 bits per heavy atom. The molecule has 0 bridgehead atoms. The van der Waals surface area contributed by atoms with Gasteiger partial charge in [0.25, 0.3) is 0 Å². The fourth-order valence-corrected chi connectivity index (χ4v) is 4.17. The lowest BCUT2D eigenvalue weighted by Gasteiger charge is -2.38. The molecule has 2 aliphatic rings. The first kappa shape index (κ1) is 16.1. The molecule has 0 aromatic carbocycles. The maximum atomic E-state index is 12.2. The van der Waals surface area contributed by atoms with E-state index in [-0.39, 0.29) is 17.5 Å². The van der Waals surface area contributed by atoms with Crippen LogP contribution in [-0.2, 0) is 12.0 Å². The molecular weight excluding hydrogens is 314 g/mol. The molecule has 1 saturated heterocycles. The minimum absolute atomic E-state index is 0.0589. The number of carbonyl (C=O) groups is 1. The van der Waals surface area contributed by atoms with E-state index in [9.17, 15) is 4.79 Å². The zero-order chi connectivity index (χ0) is 17.4. The molecule has 1 N–H and O–H groups in total. The number of piperidine rings is 1. The molecule has 4 heterocycles. The minimum atomic E-state index is 0.0589. The summed E-state index contributed by atoms with van der Waals surface area (Å²) in [7, 11) is 0. The molecule has 1 fully saturated rings. The number of nitrogens with one attached hydrogen (secondary N) is 1. The highest BCUT2D eigenvalue weighted by Crippen LogP contribution is 2.44. The fraction of sp³-hybridized carbons (Fsp3) is 0.526. The first-order valence-electron chi connectivity index (χ1n) is 9.11. The predicted octanol–water partition coefficient (Wildman–Crippen LogP) is 2.80. The van der Waals surface area contributed by atoms with E-state index in [1.54, 1.807) is 0 Å². The van der Waals surface area contributed by atoms with Gasteiger partial charge in [-0.2, -0.15) is 0 Å². The van der Waals surface area contributed by atoms with Crippen molar-refractivity contribution in [2.45, 2.75) is 51.1 Å². The first-order valence-corrected chi connectivity index (χ1v) is 9.11. The van der Waals surface area contributed by atoms with Gasteiger partial charge in [-0.25, -0.2) is 9.78 Å².